The van der Waals surface area contributed by atoms with Crippen molar-refractivity contribution in [1.29, 1.82) is 0 Å². The minimum atomic E-state index is 0.358. The molecule has 0 fully saturated rings. The fraction of sp³-hybridized carbons (Fsp3) is 0.214. The average Bonchev–Trinajstić information content (AvgIpc) is 4.24. The molecule has 0 saturated carbocycles. The Morgan fingerprint density at radius 2 is 0.639 bits per heavy atom. The lowest BCUT2D eigenvalue weighted by atomic mass is 9.84. The van der Waals surface area contributed by atoms with Gasteiger partial charge in [-0.25, -0.2) is 20.0 Å². The first-order chi connectivity index (χ1) is 35.1. The smallest absolute Gasteiger partial charge is 0.134 e. The summed E-state index contributed by atoms with van der Waals surface area (Å²) in [5.41, 5.74) is 8.39. The molecule has 4 aromatic carbocycles. The molecule has 5 aliphatic heterocycles. The molecule has 0 radical (unpaired) electrons. The van der Waals surface area contributed by atoms with Gasteiger partial charge in [0, 0.05) is 70.8 Å². The van der Waals surface area contributed by atoms with E-state index in [1.54, 1.807) is 134 Å². The molecular formula is C56H52N4O12. The number of benzene rings is 4. The molecule has 16 heteroatoms. The van der Waals surface area contributed by atoms with Crippen LogP contribution < -0.4 is 56.8 Å². The number of aliphatic imine (C=N–C) groups is 4. The van der Waals surface area contributed by atoms with E-state index < -0.39 is 0 Å². The highest BCUT2D eigenvalue weighted by Gasteiger charge is 2.40. The van der Waals surface area contributed by atoms with Gasteiger partial charge in [0.15, 0.2) is 0 Å². The largest absolute Gasteiger partial charge is 0.496 e. The van der Waals surface area contributed by atoms with Crippen molar-refractivity contribution in [1.82, 2.24) is 0 Å². The lowest BCUT2D eigenvalue weighted by Gasteiger charge is -2.24. The van der Waals surface area contributed by atoms with Crippen LogP contribution in [0.1, 0.15) is 22.3 Å². The summed E-state index contributed by atoms with van der Waals surface area (Å²) in [7, 11) is 18.9. The fourth-order valence-electron chi connectivity index (χ4n) is 9.08. The van der Waals surface area contributed by atoms with Crippen LogP contribution >= 0.6 is 0 Å². The lowest BCUT2D eigenvalue weighted by Crippen LogP contribution is -2.11. The van der Waals surface area contributed by atoms with Crippen molar-refractivity contribution in [3.05, 3.63) is 142 Å². The predicted octanol–water partition coefficient (Wildman–Crippen LogP) is 9.79. The number of allylic oxidation sites excluding steroid dienone is 12. The molecule has 0 N–H and O–H groups in total. The van der Waals surface area contributed by atoms with Crippen LogP contribution in [0.2, 0.25) is 0 Å². The third-order valence-corrected chi connectivity index (χ3v) is 12.4. The molecule has 9 rings (SSSR count). The molecule has 368 valence electrons. The normalized spacial score (nSPS) is 15.4. The predicted molar refractivity (Wildman–Crippen MR) is 278 cm³/mol. The van der Waals surface area contributed by atoms with Crippen molar-refractivity contribution in [2.24, 2.45) is 20.0 Å². The minimum Gasteiger partial charge on any atom is -0.496 e. The zero-order valence-corrected chi connectivity index (χ0v) is 41.9. The Kier molecular flexibility index (Phi) is 13.5. The van der Waals surface area contributed by atoms with Gasteiger partial charge in [0.25, 0.3) is 0 Å². The first-order valence-electron chi connectivity index (χ1n) is 22.4. The second kappa shape index (κ2) is 20.2. The maximum Gasteiger partial charge on any atom is 0.134 e. The highest BCUT2D eigenvalue weighted by Crippen LogP contribution is 2.57. The summed E-state index contributed by atoms with van der Waals surface area (Å²) < 4.78 is 73.4. The molecule has 0 saturated heterocycles. The van der Waals surface area contributed by atoms with E-state index in [0.717, 1.165) is 0 Å². The maximum absolute atomic E-state index is 6.34. The van der Waals surface area contributed by atoms with E-state index in [2.05, 4.69) is 0 Å². The first kappa shape index (κ1) is 48.1. The van der Waals surface area contributed by atoms with Gasteiger partial charge in [-0.15, -0.1) is 0 Å². The zero-order chi connectivity index (χ0) is 50.8. The second-order valence-electron chi connectivity index (χ2n) is 16.1. The van der Waals surface area contributed by atoms with Gasteiger partial charge in [0.2, 0.25) is 0 Å². The second-order valence-corrected chi connectivity index (χ2v) is 16.1. The molecule has 4 aromatic rings. The molecule has 5 aliphatic rings. The SMILES string of the molecule is COc1cc(OC)c(C2=CC3=CC4=NC(=CC5=NC(=CC6=NC(=C(c7c(OC)cc(OC)cc7OC)C2=N3)C(c2c(OC)cc(OC)cc2OC)=C6c2c(OC)cc(OC)cc2OC)C=C5)C=C4)c(OC)c1. The summed E-state index contributed by atoms with van der Waals surface area (Å²) in [6.07, 6.45) is 15.4. The third-order valence-electron chi connectivity index (χ3n) is 12.4. The molecule has 5 heterocycles. The molecule has 72 heavy (non-hydrogen) atoms. The summed E-state index contributed by atoms with van der Waals surface area (Å²) in [6, 6.07) is 14.3. The molecule has 0 amide bonds. The number of hydrogen-bond donors (Lipinski definition) is 0. The molecule has 0 unspecified atom stereocenters. The fourth-order valence-corrected chi connectivity index (χ4v) is 9.08. The standard InChI is InChI=1S/C56H52N4O12/c1-61-34-21-40(65-5)48(41(22-34)66-6)38-19-33-18-31-14-13-29(57-31)17-30-15-16-32(58-30)20-39-49(50-42(67-7)23-35(62-2)24-43(50)68-8)53(51-44(69-9)25-36(63-3)26-45(51)70-10)56(60-39)54(55(38)59-33)52-46(71-11)27-37(64-4)28-47(52)72-12/h13-28H,1-12H3. The Balaban J connectivity index is 1.59. The monoisotopic (exact) mass is 972 g/mol. The third kappa shape index (κ3) is 8.50. The van der Waals surface area contributed by atoms with E-state index in [0.29, 0.717) is 159 Å². The number of nitrogens with zero attached hydrogens (tertiary/aromatic N) is 4. The van der Waals surface area contributed by atoms with Gasteiger partial charge in [0.1, 0.15) is 69.0 Å². The summed E-state index contributed by atoms with van der Waals surface area (Å²) in [5.74, 6) is 5.08. The van der Waals surface area contributed by atoms with Gasteiger partial charge in [0.05, 0.1) is 153 Å². The Morgan fingerprint density at radius 1 is 0.292 bits per heavy atom. The average molecular weight is 973 g/mol. The van der Waals surface area contributed by atoms with Crippen LogP contribution in [-0.4, -0.2) is 108 Å². The highest BCUT2D eigenvalue weighted by molar-refractivity contribution is 6.51. The van der Waals surface area contributed by atoms with Crippen LogP contribution in [0.15, 0.2) is 140 Å². The van der Waals surface area contributed by atoms with Crippen LogP contribution in [-0.2, 0) is 0 Å². The van der Waals surface area contributed by atoms with Crippen molar-refractivity contribution < 1.29 is 56.8 Å². The number of rotatable bonds is 16. The topological polar surface area (TPSA) is 160 Å². The van der Waals surface area contributed by atoms with E-state index in [1.165, 1.54) is 0 Å². The van der Waals surface area contributed by atoms with Gasteiger partial charge < -0.3 is 56.8 Å². The maximum atomic E-state index is 6.34. The van der Waals surface area contributed by atoms with Crippen LogP contribution in [0.5, 0.6) is 69.0 Å². The van der Waals surface area contributed by atoms with Crippen molar-refractivity contribution in [3.63, 3.8) is 0 Å². The summed E-state index contributed by atoms with van der Waals surface area (Å²) >= 11 is 0. The summed E-state index contributed by atoms with van der Waals surface area (Å²) in [4.78, 5) is 21.3. The molecule has 0 aromatic heterocycles. The van der Waals surface area contributed by atoms with Gasteiger partial charge in [-0.3, -0.25) is 0 Å². The van der Waals surface area contributed by atoms with Crippen LogP contribution in [0.4, 0.5) is 0 Å². The molecule has 8 bridgehead atoms. The molecular weight excluding hydrogens is 921 g/mol. The highest BCUT2D eigenvalue weighted by atomic mass is 16.5. The molecule has 0 spiro atoms. The number of hydrogen-bond acceptors (Lipinski definition) is 16. The van der Waals surface area contributed by atoms with Crippen molar-refractivity contribution >= 4 is 45.1 Å². The molecule has 0 aliphatic carbocycles. The van der Waals surface area contributed by atoms with E-state index in [4.69, 9.17) is 76.8 Å². The van der Waals surface area contributed by atoms with Gasteiger partial charge >= 0.3 is 0 Å². The number of methoxy groups -OCH3 is 12. The van der Waals surface area contributed by atoms with Gasteiger partial charge in [-0.1, -0.05) is 0 Å². The van der Waals surface area contributed by atoms with E-state index in [1.807, 2.05) is 48.6 Å². The molecule has 16 nitrogen and oxygen atoms in total. The van der Waals surface area contributed by atoms with E-state index in [9.17, 15) is 0 Å². The van der Waals surface area contributed by atoms with E-state index >= 15 is 0 Å². The Labute approximate surface area is 417 Å². The zero-order valence-electron chi connectivity index (χ0n) is 41.9. The lowest BCUT2D eigenvalue weighted by molar-refractivity contribution is 0.373. The van der Waals surface area contributed by atoms with Crippen LogP contribution in [0, 0.1) is 0 Å². The summed E-state index contributed by atoms with van der Waals surface area (Å²) in [5, 5.41) is 0. The number of ether oxygens (including phenoxy) is 12. The van der Waals surface area contributed by atoms with Gasteiger partial charge in [-0.2, -0.15) is 0 Å². The van der Waals surface area contributed by atoms with Crippen LogP contribution in [0.25, 0.3) is 22.3 Å². The van der Waals surface area contributed by atoms with E-state index in [-0.39, 0.29) is 0 Å². The van der Waals surface area contributed by atoms with Crippen LogP contribution in [0.3, 0.4) is 0 Å². The minimum absolute atomic E-state index is 0.358. The first-order valence-corrected chi connectivity index (χ1v) is 22.4. The molecule has 0 atom stereocenters. The van der Waals surface area contributed by atoms with Crippen molar-refractivity contribution in [2.75, 3.05) is 85.3 Å². The van der Waals surface area contributed by atoms with Crippen molar-refractivity contribution in [2.45, 2.75) is 0 Å². The van der Waals surface area contributed by atoms with Gasteiger partial charge in [-0.05, 0) is 48.6 Å². The Hall–Kier alpha value is -8.92. The number of fused-ring (bicyclic) bond motifs is 4. The van der Waals surface area contributed by atoms with Crippen molar-refractivity contribution in [3.8, 4) is 69.0 Å². The summed E-state index contributed by atoms with van der Waals surface area (Å²) in [6.45, 7) is 0. The Bertz CT molecular complexity index is 3220. The quantitative estimate of drug-likeness (QED) is 0.105. The Morgan fingerprint density at radius 3 is 1.03 bits per heavy atom.